The summed E-state index contributed by atoms with van der Waals surface area (Å²) >= 11 is 11.7. The van der Waals surface area contributed by atoms with Crippen molar-refractivity contribution in [2.45, 2.75) is 13.5 Å². The molecule has 0 aliphatic heterocycles. The average Bonchev–Trinajstić information content (AvgIpc) is 2.57. The molecule has 2 rings (SSSR count). The summed E-state index contributed by atoms with van der Waals surface area (Å²) in [4.78, 5) is 23.5. The normalized spacial score (nSPS) is 10.2. The van der Waals surface area contributed by atoms with E-state index in [0.717, 1.165) is 11.1 Å². The van der Waals surface area contributed by atoms with Crippen molar-refractivity contribution in [2.75, 3.05) is 13.2 Å². The fraction of sp³-hybridized carbons (Fsp3) is 0.222. The van der Waals surface area contributed by atoms with E-state index in [1.54, 1.807) is 12.1 Å². The zero-order chi connectivity index (χ0) is 18.2. The standard InChI is InChI=1S/C18H18Cl2N2O3/c1-12-3-2-4-13(7-12)9-21-17(23)10-22-18(24)11-25-16-6-5-14(19)8-15(16)20/h2-8H,9-11H2,1H3,(H,21,23)(H,22,24). The first-order valence-corrected chi connectivity index (χ1v) is 8.36. The molecule has 0 fully saturated rings. The second kappa shape index (κ2) is 9.30. The Hall–Kier alpha value is -2.24. The number of aryl methyl sites for hydroxylation is 1. The highest BCUT2D eigenvalue weighted by molar-refractivity contribution is 6.35. The van der Waals surface area contributed by atoms with Crippen molar-refractivity contribution in [3.05, 3.63) is 63.6 Å². The Labute approximate surface area is 156 Å². The Morgan fingerprint density at radius 2 is 1.84 bits per heavy atom. The molecule has 0 radical (unpaired) electrons. The summed E-state index contributed by atoms with van der Waals surface area (Å²) in [5.74, 6) is -0.346. The van der Waals surface area contributed by atoms with Gasteiger partial charge in [0.1, 0.15) is 5.75 Å². The van der Waals surface area contributed by atoms with Crippen LogP contribution in [0.4, 0.5) is 0 Å². The Kier molecular flexibility index (Phi) is 7.10. The van der Waals surface area contributed by atoms with E-state index in [0.29, 0.717) is 22.3 Å². The third-order valence-electron chi connectivity index (χ3n) is 3.27. The van der Waals surface area contributed by atoms with Crippen LogP contribution in [0, 0.1) is 6.92 Å². The van der Waals surface area contributed by atoms with E-state index in [1.807, 2.05) is 31.2 Å². The third-order valence-corrected chi connectivity index (χ3v) is 3.80. The minimum Gasteiger partial charge on any atom is -0.482 e. The highest BCUT2D eigenvalue weighted by Crippen LogP contribution is 2.27. The van der Waals surface area contributed by atoms with Crippen molar-refractivity contribution in [1.29, 1.82) is 0 Å². The van der Waals surface area contributed by atoms with Crippen molar-refractivity contribution in [2.24, 2.45) is 0 Å². The minimum atomic E-state index is -0.420. The summed E-state index contributed by atoms with van der Waals surface area (Å²) in [6.07, 6.45) is 0. The highest BCUT2D eigenvalue weighted by atomic mass is 35.5. The fourth-order valence-corrected chi connectivity index (χ4v) is 2.51. The number of halogens is 2. The number of hydrogen-bond donors (Lipinski definition) is 2. The van der Waals surface area contributed by atoms with Gasteiger partial charge in [-0.05, 0) is 30.7 Å². The molecule has 0 atom stereocenters. The van der Waals surface area contributed by atoms with Crippen LogP contribution < -0.4 is 15.4 Å². The predicted octanol–water partition coefficient (Wildman–Crippen LogP) is 3.11. The van der Waals surface area contributed by atoms with Gasteiger partial charge in [0.05, 0.1) is 11.6 Å². The molecule has 0 saturated heterocycles. The monoisotopic (exact) mass is 380 g/mol. The molecule has 2 aromatic rings. The van der Waals surface area contributed by atoms with Crippen molar-refractivity contribution in [1.82, 2.24) is 10.6 Å². The molecule has 7 heteroatoms. The number of carbonyl (C=O) groups excluding carboxylic acids is 2. The van der Waals surface area contributed by atoms with Gasteiger partial charge in [0.15, 0.2) is 6.61 Å². The van der Waals surface area contributed by atoms with Gasteiger partial charge in [-0.25, -0.2) is 0 Å². The van der Waals surface area contributed by atoms with Crippen LogP contribution in [-0.2, 0) is 16.1 Å². The zero-order valence-corrected chi connectivity index (χ0v) is 15.2. The lowest BCUT2D eigenvalue weighted by atomic mass is 10.1. The van der Waals surface area contributed by atoms with E-state index >= 15 is 0 Å². The topological polar surface area (TPSA) is 67.4 Å². The van der Waals surface area contributed by atoms with Gasteiger partial charge in [0, 0.05) is 11.6 Å². The molecule has 0 aromatic heterocycles. The van der Waals surface area contributed by atoms with Gasteiger partial charge in [0.2, 0.25) is 5.91 Å². The molecule has 0 spiro atoms. The highest BCUT2D eigenvalue weighted by Gasteiger charge is 2.08. The van der Waals surface area contributed by atoms with Crippen LogP contribution >= 0.6 is 23.2 Å². The molecule has 25 heavy (non-hydrogen) atoms. The van der Waals surface area contributed by atoms with Gasteiger partial charge in [-0.15, -0.1) is 0 Å². The Bertz CT molecular complexity index is 766. The molecule has 0 saturated carbocycles. The van der Waals surface area contributed by atoms with Gasteiger partial charge >= 0.3 is 0 Å². The second-order valence-corrected chi connectivity index (χ2v) is 6.25. The number of amides is 2. The summed E-state index contributed by atoms with van der Waals surface area (Å²) in [6, 6.07) is 12.5. The molecule has 0 heterocycles. The predicted molar refractivity (Wildman–Crippen MR) is 98.0 cm³/mol. The van der Waals surface area contributed by atoms with E-state index in [2.05, 4.69) is 10.6 Å². The number of carbonyl (C=O) groups is 2. The Morgan fingerprint density at radius 1 is 1.04 bits per heavy atom. The number of rotatable bonds is 7. The first-order chi connectivity index (χ1) is 11.9. The van der Waals surface area contributed by atoms with Crippen LogP contribution in [0.25, 0.3) is 0 Å². The van der Waals surface area contributed by atoms with E-state index in [-0.39, 0.29) is 19.1 Å². The van der Waals surface area contributed by atoms with Crippen LogP contribution in [0.2, 0.25) is 10.0 Å². The molecule has 0 bridgehead atoms. The van der Waals surface area contributed by atoms with Gasteiger partial charge < -0.3 is 15.4 Å². The summed E-state index contributed by atoms with van der Waals surface area (Å²) < 4.78 is 5.29. The average molecular weight is 381 g/mol. The molecule has 0 unspecified atom stereocenters. The maximum atomic E-state index is 11.8. The van der Waals surface area contributed by atoms with Crippen molar-refractivity contribution in [3.63, 3.8) is 0 Å². The molecule has 132 valence electrons. The molecular weight excluding hydrogens is 363 g/mol. The largest absolute Gasteiger partial charge is 0.482 e. The maximum Gasteiger partial charge on any atom is 0.258 e. The number of hydrogen-bond acceptors (Lipinski definition) is 3. The number of nitrogens with one attached hydrogen (secondary N) is 2. The van der Waals surface area contributed by atoms with E-state index < -0.39 is 5.91 Å². The van der Waals surface area contributed by atoms with Gasteiger partial charge in [-0.2, -0.15) is 0 Å². The van der Waals surface area contributed by atoms with Crippen LogP contribution in [0.3, 0.4) is 0 Å². The molecule has 2 amide bonds. The van der Waals surface area contributed by atoms with E-state index in [4.69, 9.17) is 27.9 Å². The molecule has 2 aromatic carbocycles. The molecule has 2 N–H and O–H groups in total. The summed E-state index contributed by atoms with van der Waals surface area (Å²) in [7, 11) is 0. The van der Waals surface area contributed by atoms with Crippen LogP contribution in [0.1, 0.15) is 11.1 Å². The maximum absolute atomic E-state index is 11.8. The first kappa shape index (κ1) is 19.1. The SMILES string of the molecule is Cc1cccc(CNC(=O)CNC(=O)COc2ccc(Cl)cc2Cl)c1. The minimum absolute atomic E-state index is 0.123. The zero-order valence-electron chi connectivity index (χ0n) is 13.6. The van der Waals surface area contributed by atoms with Gasteiger partial charge in [-0.1, -0.05) is 53.0 Å². The van der Waals surface area contributed by atoms with E-state index in [9.17, 15) is 9.59 Å². The first-order valence-electron chi connectivity index (χ1n) is 7.61. The number of benzene rings is 2. The number of ether oxygens (including phenoxy) is 1. The van der Waals surface area contributed by atoms with Gasteiger partial charge in [-0.3, -0.25) is 9.59 Å². The van der Waals surface area contributed by atoms with Crippen molar-refractivity contribution >= 4 is 35.0 Å². The summed E-state index contributed by atoms with van der Waals surface area (Å²) in [5.41, 5.74) is 2.12. The Morgan fingerprint density at radius 3 is 2.56 bits per heavy atom. The summed E-state index contributed by atoms with van der Waals surface area (Å²) in [5, 5.41) is 6.02. The van der Waals surface area contributed by atoms with E-state index in [1.165, 1.54) is 6.07 Å². The van der Waals surface area contributed by atoms with Gasteiger partial charge in [0.25, 0.3) is 5.91 Å². The smallest absolute Gasteiger partial charge is 0.258 e. The molecule has 5 nitrogen and oxygen atoms in total. The molecular formula is C18H18Cl2N2O3. The Balaban J connectivity index is 1.69. The quantitative estimate of drug-likeness (QED) is 0.775. The molecule has 0 aliphatic carbocycles. The lowest BCUT2D eigenvalue weighted by molar-refractivity contribution is -0.127. The lowest BCUT2D eigenvalue weighted by Crippen LogP contribution is -2.38. The van der Waals surface area contributed by atoms with Crippen LogP contribution in [0.15, 0.2) is 42.5 Å². The van der Waals surface area contributed by atoms with Crippen LogP contribution in [0.5, 0.6) is 5.75 Å². The molecule has 0 aliphatic rings. The van der Waals surface area contributed by atoms with Crippen LogP contribution in [-0.4, -0.2) is 25.0 Å². The fourth-order valence-electron chi connectivity index (χ4n) is 2.05. The summed E-state index contributed by atoms with van der Waals surface area (Å²) in [6.45, 7) is 2.03. The lowest BCUT2D eigenvalue weighted by Gasteiger charge is -2.09. The third kappa shape index (κ3) is 6.64. The second-order valence-electron chi connectivity index (χ2n) is 5.41. The van der Waals surface area contributed by atoms with Crippen molar-refractivity contribution in [3.8, 4) is 5.75 Å². The van der Waals surface area contributed by atoms with Crippen molar-refractivity contribution < 1.29 is 14.3 Å².